The van der Waals surface area contributed by atoms with Gasteiger partial charge in [0.15, 0.2) is 0 Å². The molecule has 1 amide bonds. The van der Waals surface area contributed by atoms with Gasteiger partial charge in [-0.3, -0.25) is 4.79 Å². The normalized spacial score (nSPS) is 10.7. The third-order valence-corrected chi connectivity index (χ3v) is 3.44. The zero-order valence-corrected chi connectivity index (χ0v) is 13.2. The zero-order chi connectivity index (χ0) is 16.5. The number of benzene rings is 2. The number of nitrogens with zero attached hydrogens (tertiary/aromatic N) is 1. The molecule has 2 aromatic carbocycles. The van der Waals surface area contributed by atoms with Gasteiger partial charge < -0.3 is 14.7 Å². The molecule has 0 spiro atoms. The molecule has 120 valence electrons. The van der Waals surface area contributed by atoms with Crippen LogP contribution in [0.1, 0.15) is 11.1 Å². The largest absolute Gasteiger partial charge is 0.496 e. The maximum absolute atomic E-state index is 12.4. The number of aliphatic hydroxyl groups is 1. The summed E-state index contributed by atoms with van der Waals surface area (Å²) in [6.07, 6.45) is 3.24. The zero-order valence-electron chi connectivity index (χ0n) is 13.2. The Morgan fingerprint density at radius 1 is 1.13 bits per heavy atom. The second kappa shape index (κ2) is 8.76. The number of hydrogen-bond acceptors (Lipinski definition) is 3. The first-order valence-corrected chi connectivity index (χ1v) is 7.49. The van der Waals surface area contributed by atoms with Gasteiger partial charge in [-0.25, -0.2) is 0 Å². The van der Waals surface area contributed by atoms with Crippen molar-refractivity contribution in [2.24, 2.45) is 0 Å². The van der Waals surface area contributed by atoms with Gasteiger partial charge in [-0.05, 0) is 17.7 Å². The molecule has 0 aliphatic carbocycles. The van der Waals surface area contributed by atoms with Crippen LogP contribution in [0.15, 0.2) is 60.7 Å². The predicted octanol–water partition coefficient (Wildman–Crippen LogP) is 2.73. The molecule has 0 saturated heterocycles. The lowest BCUT2D eigenvalue weighted by molar-refractivity contribution is -0.127. The molecule has 0 aliphatic rings. The van der Waals surface area contributed by atoms with Gasteiger partial charge in [0.05, 0.1) is 13.7 Å². The Morgan fingerprint density at radius 3 is 2.52 bits per heavy atom. The van der Waals surface area contributed by atoms with Gasteiger partial charge in [-0.2, -0.15) is 0 Å². The van der Waals surface area contributed by atoms with E-state index in [-0.39, 0.29) is 12.5 Å². The Bertz CT molecular complexity index is 653. The van der Waals surface area contributed by atoms with E-state index in [0.29, 0.717) is 18.8 Å². The fourth-order valence-corrected chi connectivity index (χ4v) is 2.26. The van der Waals surface area contributed by atoms with E-state index < -0.39 is 0 Å². The Kier molecular flexibility index (Phi) is 6.39. The van der Waals surface area contributed by atoms with E-state index in [1.165, 1.54) is 6.08 Å². The van der Waals surface area contributed by atoms with Crippen LogP contribution in [-0.2, 0) is 11.3 Å². The van der Waals surface area contributed by atoms with Crippen LogP contribution in [0.5, 0.6) is 5.75 Å². The maximum Gasteiger partial charge on any atom is 0.246 e. The van der Waals surface area contributed by atoms with Crippen molar-refractivity contribution >= 4 is 12.0 Å². The lowest BCUT2D eigenvalue weighted by Gasteiger charge is -2.20. The first kappa shape index (κ1) is 16.8. The van der Waals surface area contributed by atoms with Crippen molar-refractivity contribution in [1.82, 2.24) is 4.90 Å². The minimum absolute atomic E-state index is 0.0684. The van der Waals surface area contributed by atoms with Crippen LogP contribution >= 0.6 is 0 Å². The summed E-state index contributed by atoms with van der Waals surface area (Å²) in [6.45, 7) is 0.696. The molecular formula is C19H21NO3. The number of carbonyl (C=O) groups is 1. The Balaban J connectivity index is 2.10. The lowest BCUT2D eigenvalue weighted by atomic mass is 10.1. The molecule has 0 unspecified atom stereocenters. The van der Waals surface area contributed by atoms with Crippen LogP contribution in [0, 0.1) is 0 Å². The summed E-state index contributed by atoms with van der Waals surface area (Å²) in [5, 5.41) is 9.19. The highest BCUT2D eigenvalue weighted by Gasteiger charge is 2.11. The molecule has 23 heavy (non-hydrogen) atoms. The van der Waals surface area contributed by atoms with Crippen molar-refractivity contribution in [3.05, 3.63) is 71.8 Å². The summed E-state index contributed by atoms with van der Waals surface area (Å²) in [5.74, 6) is 0.571. The molecule has 0 bridgehead atoms. The van der Waals surface area contributed by atoms with Crippen molar-refractivity contribution < 1.29 is 14.6 Å². The van der Waals surface area contributed by atoms with Crippen molar-refractivity contribution in [2.45, 2.75) is 6.54 Å². The van der Waals surface area contributed by atoms with E-state index in [2.05, 4.69) is 0 Å². The monoisotopic (exact) mass is 311 g/mol. The third-order valence-electron chi connectivity index (χ3n) is 3.44. The van der Waals surface area contributed by atoms with Crippen molar-refractivity contribution in [1.29, 1.82) is 0 Å². The molecular weight excluding hydrogens is 290 g/mol. The average molecular weight is 311 g/mol. The fraction of sp³-hybridized carbons (Fsp3) is 0.211. The van der Waals surface area contributed by atoms with Crippen LogP contribution in [0.25, 0.3) is 6.08 Å². The number of carbonyl (C=O) groups excluding carboxylic acids is 1. The summed E-state index contributed by atoms with van der Waals surface area (Å²) >= 11 is 0. The molecule has 0 radical (unpaired) electrons. The molecule has 0 heterocycles. The highest BCUT2D eigenvalue weighted by atomic mass is 16.5. The number of ether oxygens (including phenoxy) is 1. The first-order chi connectivity index (χ1) is 11.2. The number of para-hydroxylation sites is 1. The first-order valence-electron chi connectivity index (χ1n) is 7.49. The van der Waals surface area contributed by atoms with Crippen molar-refractivity contribution in [3.8, 4) is 5.75 Å². The lowest BCUT2D eigenvalue weighted by Crippen LogP contribution is -2.31. The quantitative estimate of drug-likeness (QED) is 0.800. The Labute approximate surface area is 136 Å². The van der Waals surface area contributed by atoms with Gasteiger partial charge in [0.2, 0.25) is 5.91 Å². The number of amides is 1. The van der Waals surface area contributed by atoms with Crippen LogP contribution in [0.2, 0.25) is 0 Å². The van der Waals surface area contributed by atoms with Gasteiger partial charge in [-0.1, -0.05) is 48.5 Å². The molecule has 0 atom stereocenters. The molecule has 4 nitrogen and oxygen atoms in total. The van der Waals surface area contributed by atoms with Crippen LogP contribution in [0.4, 0.5) is 0 Å². The van der Waals surface area contributed by atoms with E-state index in [1.54, 1.807) is 18.1 Å². The molecule has 4 heteroatoms. The van der Waals surface area contributed by atoms with Gasteiger partial charge >= 0.3 is 0 Å². The smallest absolute Gasteiger partial charge is 0.246 e. The summed E-state index contributed by atoms with van der Waals surface area (Å²) in [6, 6.07) is 17.2. The highest BCUT2D eigenvalue weighted by molar-refractivity contribution is 5.92. The number of hydrogen-bond donors (Lipinski definition) is 1. The highest BCUT2D eigenvalue weighted by Crippen LogP contribution is 2.18. The summed E-state index contributed by atoms with van der Waals surface area (Å²) < 4.78 is 5.27. The predicted molar refractivity (Wildman–Crippen MR) is 91.0 cm³/mol. The molecule has 0 aliphatic heterocycles. The van der Waals surface area contributed by atoms with E-state index >= 15 is 0 Å². The maximum atomic E-state index is 12.4. The standard InChI is InChI=1S/C19H21NO3/c1-23-18-10-6-5-9-17(18)11-12-19(22)20(13-14-21)15-16-7-3-2-4-8-16/h2-12,21H,13-15H2,1H3/b12-11+. The topological polar surface area (TPSA) is 49.8 Å². The molecule has 2 rings (SSSR count). The van der Waals surface area contributed by atoms with Gasteiger partial charge in [-0.15, -0.1) is 0 Å². The number of aliphatic hydroxyl groups excluding tert-OH is 1. The molecule has 2 aromatic rings. The van der Waals surface area contributed by atoms with E-state index in [0.717, 1.165) is 11.1 Å². The second-order valence-corrected chi connectivity index (χ2v) is 5.04. The SMILES string of the molecule is COc1ccccc1/C=C/C(=O)N(CCO)Cc1ccccc1. The third kappa shape index (κ3) is 4.97. The Morgan fingerprint density at radius 2 is 1.83 bits per heavy atom. The fourth-order valence-electron chi connectivity index (χ4n) is 2.26. The van der Waals surface area contributed by atoms with E-state index in [4.69, 9.17) is 4.74 Å². The van der Waals surface area contributed by atoms with Crippen LogP contribution in [0.3, 0.4) is 0 Å². The average Bonchev–Trinajstić information content (AvgIpc) is 2.60. The molecule has 0 aromatic heterocycles. The van der Waals surface area contributed by atoms with E-state index in [1.807, 2.05) is 54.6 Å². The summed E-state index contributed by atoms with van der Waals surface area (Å²) in [4.78, 5) is 14.0. The number of methoxy groups -OCH3 is 1. The van der Waals surface area contributed by atoms with E-state index in [9.17, 15) is 9.90 Å². The summed E-state index contributed by atoms with van der Waals surface area (Å²) in [7, 11) is 1.60. The molecule has 1 N–H and O–H groups in total. The Hall–Kier alpha value is -2.59. The van der Waals surface area contributed by atoms with Crippen LogP contribution < -0.4 is 4.74 Å². The molecule has 0 saturated carbocycles. The molecule has 0 fully saturated rings. The van der Waals surface area contributed by atoms with Crippen molar-refractivity contribution in [2.75, 3.05) is 20.3 Å². The van der Waals surface area contributed by atoms with Gasteiger partial charge in [0.1, 0.15) is 5.75 Å². The van der Waals surface area contributed by atoms with Crippen LogP contribution in [-0.4, -0.2) is 36.2 Å². The van der Waals surface area contributed by atoms with Gasteiger partial charge in [0, 0.05) is 24.7 Å². The minimum Gasteiger partial charge on any atom is -0.496 e. The van der Waals surface area contributed by atoms with Crippen molar-refractivity contribution in [3.63, 3.8) is 0 Å². The summed E-state index contributed by atoms with van der Waals surface area (Å²) in [5.41, 5.74) is 1.87. The number of rotatable bonds is 7. The van der Waals surface area contributed by atoms with Gasteiger partial charge in [0.25, 0.3) is 0 Å². The minimum atomic E-state index is -0.145. The second-order valence-electron chi connectivity index (χ2n) is 5.04.